The Morgan fingerprint density at radius 1 is 1.47 bits per heavy atom. The number of non-ortho nitro benzene ring substituents is 1. The predicted molar refractivity (Wildman–Crippen MR) is 71.9 cm³/mol. The number of nitro groups is 1. The second-order valence-electron chi connectivity index (χ2n) is 4.35. The van der Waals surface area contributed by atoms with E-state index in [1.165, 1.54) is 12.1 Å². The largest absolute Gasteiger partial charge is 0.465 e. The highest BCUT2D eigenvalue weighted by atomic mass is 16.6. The first-order valence-electron chi connectivity index (χ1n) is 5.98. The first-order chi connectivity index (χ1) is 8.95. The van der Waals surface area contributed by atoms with Crippen LogP contribution in [0.5, 0.6) is 0 Å². The van der Waals surface area contributed by atoms with Gasteiger partial charge in [-0.2, -0.15) is 0 Å². The zero-order chi connectivity index (χ0) is 14.5. The van der Waals surface area contributed by atoms with Gasteiger partial charge in [0.05, 0.1) is 16.9 Å². The highest BCUT2D eigenvalue weighted by molar-refractivity contribution is 5.83. The van der Waals surface area contributed by atoms with Crippen LogP contribution in [0.3, 0.4) is 0 Å². The van der Waals surface area contributed by atoms with E-state index in [-0.39, 0.29) is 11.7 Å². The van der Waals surface area contributed by atoms with Crippen LogP contribution in [0.2, 0.25) is 0 Å². The van der Waals surface area contributed by atoms with Gasteiger partial charge in [0.2, 0.25) is 0 Å². The Morgan fingerprint density at radius 2 is 2.05 bits per heavy atom. The van der Waals surface area contributed by atoms with Gasteiger partial charge >= 0.3 is 5.97 Å². The Morgan fingerprint density at radius 3 is 2.47 bits per heavy atom. The van der Waals surface area contributed by atoms with Crippen molar-refractivity contribution in [2.24, 2.45) is 0 Å². The molecule has 0 aliphatic heterocycles. The van der Waals surface area contributed by atoms with E-state index in [4.69, 9.17) is 4.74 Å². The van der Waals surface area contributed by atoms with E-state index >= 15 is 0 Å². The molecule has 5 nitrogen and oxygen atoms in total. The van der Waals surface area contributed by atoms with E-state index in [1.807, 2.05) is 0 Å². The molecule has 1 rings (SSSR count). The van der Waals surface area contributed by atoms with Crippen LogP contribution >= 0.6 is 0 Å². The lowest BCUT2D eigenvalue weighted by Gasteiger charge is -2.26. The molecule has 102 valence electrons. The lowest BCUT2D eigenvalue weighted by molar-refractivity contribution is -0.384. The van der Waals surface area contributed by atoms with Gasteiger partial charge in [-0.15, -0.1) is 6.58 Å². The van der Waals surface area contributed by atoms with Gasteiger partial charge in [0.25, 0.3) is 5.69 Å². The molecule has 0 saturated heterocycles. The minimum Gasteiger partial charge on any atom is -0.465 e. The molecule has 0 aliphatic rings. The number of nitrogens with zero attached hydrogens (tertiary/aromatic N) is 1. The normalized spacial score (nSPS) is 13.4. The van der Waals surface area contributed by atoms with E-state index in [2.05, 4.69) is 6.58 Å². The molecule has 5 heteroatoms. The molecule has 1 atom stereocenters. The molecule has 0 radical (unpaired) electrons. The zero-order valence-corrected chi connectivity index (χ0v) is 11.1. The smallest absolute Gasteiger partial charge is 0.316 e. The topological polar surface area (TPSA) is 69.4 Å². The van der Waals surface area contributed by atoms with E-state index in [0.29, 0.717) is 18.6 Å². The molecule has 0 aromatic heterocycles. The maximum Gasteiger partial charge on any atom is 0.316 e. The van der Waals surface area contributed by atoms with Crippen LogP contribution < -0.4 is 0 Å². The van der Waals surface area contributed by atoms with Gasteiger partial charge in [-0.3, -0.25) is 14.9 Å². The van der Waals surface area contributed by atoms with Crippen LogP contribution in [0, 0.1) is 10.1 Å². The highest BCUT2D eigenvalue weighted by Crippen LogP contribution is 2.31. The van der Waals surface area contributed by atoms with Gasteiger partial charge in [-0.1, -0.05) is 18.2 Å². The maximum absolute atomic E-state index is 12.1. The highest BCUT2D eigenvalue weighted by Gasteiger charge is 2.35. The van der Waals surface area contributed by atoms with Crippen LogP contribution in [-0.4, -0.2) is 17.5 Å². The lowest BCUT2D eigenvalue weighted by Crippen LogP contribution is -2.34. The van der Waals surface area contributed by atoms with Gasteiger partial charge in [-0.25, -0.2) is 0 Å². The molecular formula is C14H17NO4. The van der Waals surface area contributed by atoms with Gasteiger partial charge in [0.1, 0.15) is 0 Å². The van der Waals surface area contributed by atoms with Crippen molar-refractivity contribution < 1.29 is 14.5 Å². The summed E-state index contributed by atoms with van der Waals surface area (Å²) in [7, 11) is 0. The molecule has 1 aromatic rings. The van der Waals surface area contributed by atoms with Crippen molar-refractivity contribution in [3.63, 3.8) is 0 Å². The number of hydrogen-bond donors (Lipinski definition) is 0. The Bertz CT molecular complexity index is 481. The van der Waals surface area contributed by atoms with Crippen molar-refractivity contribution >= 4 is 11.7 Å². The monoisotopic (exact) mass is 263 g/mol. The van der Waals surface area contributed by atoms with Crippen molar-refractivity contribution in [2.75, 3.05) is 6.61 Å². The second-order valence-corrected chi connectivity index (χ2v) is 4.35. The predicted octanol–water partition coefficient (Wildman–Crippen LogP) is 2.99. The van der Waals surface area contributed by atoms with E-state index in [0.717, 1.165) is 0 Å². The van der Waals surface area contributed by atoms with Crippen molar-refractivity contribution in [3.8, 4) is 0 Å². The van der Waals surface area contributed by atoms with Gasteiger partial charge in [-0.05, 0) is 25.8 Å². The summed E-state index contributed by atoms with van der Waals surface area (Å²) in [5.41, 5.74) is -0.197. The number of hydrogen-bond acceptors (Lipinski definition) is 4. The van der Waals surface area contributed by atoms with E-state index in [1.54, 1.807) is 32.1 Å². The number of rotatable bonds is 6. The van der Waals surface area contributed by atoms with Gasteiger partial charge in [0, 0.05) is 12.1 Å². The number of ether oxygens (including phenoxy) is 1. The SMILES string of the molecule is C=CCC(C)(C(=O)OCC)c1ccc([N+](=O)[O-])cc1. The summed E-state index contributed by atoms with van der Waals surface area (Å²) < 4.78 is 5.07. The Hall–Kier alpha value is -2.17. The summed E-state index contributed by atoms with van der Waals surface area (Å²) in [6, 6.07) is 5.93. The molecule has 1 unspecified atom stereocenters. The Balaban J connectivity index is 3.14. The number of benzene rings is 1. The molecule has 0 aliphatic carbocycles. The molecule has 0 bridgehead atoms. The summed E-state index contributed by atoms with van der Waals surface area (Å²) in [6.07, 6.45) is 2.04. The minimum absolute atomic E-state index is 0.00596. The fourth-order valence-corrected chi connectivity index (χ4v) is 1.85. The number of carbonyl (C=O) groups is 1. The number of carbonyl (C=O) groups excluding carboxylic acids is 1. The van der Waals surface area contributed by atoms with Crippen LogP contribution in [0.1, 0.15) is 25.8 Å². The first kappa shape index (κ1) is 14.9. The van der Waals surface area contributed by atoms with Crippen molar-refractivity contribution in [2.45, 2.75) is 25.7 Å². The van der Waals surface area contributed by atoms with Gasteiger partial charge in [0.15, 0.2) is 0 Å². The van der Waals surface area contributed by atoms with E-state index in [9.17, 15) is 14.9 Å². The molecule has 0 N–H and O–H groups in total. The molecule has 0 saturated carbocycles. The third-order valence-electron chi connectivity index (χ3n) is 2.99. The van der Waals surface area contributed by atoms with Gasteiger partial charge < -0.3 is 4.74 Å². The quantitative estimate of drug-likeness (QED) is 0.342. The van der Waals surface area contributed by atoms with E-state index < -0.39 is 10.3 Å². The standard InChI is InChI=1S/C14H17NO4/c1-4-10-14(3,13(16)19-5-2)11-6-8-12(9-7-11)15(17)18/h4,6-9H,1,5,10H2,2-3H3. The summed E-state index contributed by atoms with van der Waals surface area (Å²) in [5, 5.41) is 10.6. The average molecular weight is 263 g/mol. The Kier molecular flexibility index (Phi) is 4.80. The first-order valence-corrected chi connectivity index (χ1v) is 5.98. The van der Waals surface area contributed by atoms with Crippen LogP contribution in [0.25, 0.3) is 0 Å². The fraction of sp³-hybridized carbons (Fsp3) is 0.357. The third-order valence-corrected chi connectivity index (χ3v) is 2.99. The molecule has 0 spiro atoms. The molecule has 1 aromatic carbocycles. The fourth-order valence-electron chi connectivity index (χ4n) is 1.85. The molecule has 0 heterocycles. The third kappa shape index (κ3) is 3.19. The number of esters is 1. The molecule has 0 amide bonds. The summed E-state index contributed by atoms with van der Waals surface area (Å²) in [4.78, 5) is 22.2. The lowest BCUT2D eigenvalue weighted by atomic mass is 9.79. The second kappa shape index (κ2) is 6.13. The van der Waals surface area contributed by atoms with Crippen molar-refractivity contribution in [3.05, 3.63) is 52.6 Å². The van der Waals surface area contributed by atoms with Crippen LogP contribution in [0.4, 0.5) is 5.69 Å². The summed E-state index contributed by atoms with van der Waals surface area (Å²) >= 11 is 0. The number of allylic oxidation sites excluding steroid dienone is 1. The average Bonchev–Trinajstić information content (AvgIpc) is 2.39. The Labute approximate surface area is 112 Å². The summed E-state index contributed by atoms with van der Waals surface area (Å²) in [5.74, 6) is -0.358. The molecule has 19 heavy (non-hydrogen) atoms. The van der Waals surface area contributed by atoms with Crippen LogP contribution in [0.15, 0.2) is 36.9 Å². The zero-order valence-electron chi connectivity index (χ0n) is 11.1. The molecular weight excluding hydrogens is 246 g/mol. The summed E-state index contributed by atoms with van der Waals surface area (Å²) in [6.45, 7) is 7.42. The van der Waals surface area contributed by atoms with Crippen molar-refractivity contribution in [1.29, 1.82) is 0 Å². The number of nitro benzene ring substituents is 1. The van der Waals surface area contributed by atoms with Crippen molar-refractivity contribution in [1.82, 2.24) is 0 Å². The molecule has 0 fully saturated rings. The van der Waals surface area contributed by atoms with Crippen LogP contribution in [-0.2, 0) is 14.9 Å². The minimum atomic E-state index is -0.868. The maximum atomic E-state index is 12.1.